The molecular formula is C24H29N5O2. The average Bonchev–Trinajstić information content (AvgIpc) is 2.80. The average molecular weight is 420 g/mol. The number of allylic oxidation sites excluding steroid dienone is 1. The third-order valence-electron chi connectivity index (χ3n) is 5.15. The lowest BCUT2D eigenvalue weighted by Crippen LogP contribution is -2.42. The lowest BCUT2D eigenvalue weighted by molar-refractivity contribution is -0.117. The molecule has 3 N–H and O–H groups in total. The molecule has 0 saturated carbocycles. The molecule has 0 aliphatic carbocycles. The molecule has 162 valence electrons. The summed E-state index contributed by atoms with van der Waals surface area (Å²) in [5.74, 6) is 0.156. The number of aliphatic hydroxyl groups excluding tert-OH is 1. The maximum Gasteiger partial charge on any atom is 0.251 e. The van der Waals surface area contributed by atoms with E-state index in [1.807, 2.05) is 12.1 Å². The largest absolute Gasteiger partial charge is 0.390 e. The summed E-state index contributed by atoms with van der Waals surface area (Å²) in [6, 6.07) is 12.0. The van der Waals surface area contributed by atoms with E-state index in [9.17, 15) is 9.90 Å². The summed E-state index contributed by atoms with van der Waals surface area (Å²) in [4.78, 5) is 22.8. The van der Waals surface area contributed by atoms with Crippen LogP contribution in [0.25, 0.3) is 0 Å². The van der Waals surface area contributed by atoms with Gasteiger partial charge in [0.15, 0.2) is 0 Å². The van der Waals surface area contributed by atoms with Gasteiger partial charge in [0.05, 0.1) is 18.0 Å². The molecule has 0 bridgehead atoms. The van der Waals surface area contributed by atoms with E-state index in [2.05, 4.69) is 50.4 Å². The third kappa shape index (κ3) is 6.60. The monoisotopic (exact) mass is 419 g/mol. The van der Waals surface area contributed by atoms with Crippen LogP contribution in [0.5, 0.6) is 0 Å². The van der Waals surface area contributed by atoms with Crippen LogP contribution >= 0.6 is 0 Å². The summed E-state index contributed by atoms with van der Waals surface area (Å²) < 4.78 is 0. The first-order chi connectivity index (χ1) is 15.1. The number of pyridine rings is 1. The van der Waals surface area contributed by atoms with Crippen molar-refractivity contribution in [2.75, 3.05) is 25.0 Å². The fraction of sp³-hybridized carbons (Fsp3) is 0.292. The van der Waals surface area contributed by atoms with E-state index in [1.54, 1.807) is 37.5 Å². The standard InChI is InChI=1S/C24H29N5O2/c1-3-18(13-23(25-2)28-21-9-6-11-26-14-21)24(31)27-15-22(30)17-29-12-10-19-7-4-5-8-20(19)16-29/h3-9,11,13-14,22,28,30H,2,10,12,15-17H2,1H3,(H,27,31)/b18-3+,23-13+/t22-/m0/s1. The summed E-state index contributed by atoms with van der Waals surface area (Å²) in [5.41, 5.74) is 3.85. The minimum atomic E-state index is -0.651. The summed E-state index contributed by atoms with van der Waals surface area (Å²) >= 11 is 0. The Hall–Kier alpha value is -3.29. The number of anilines is 1. The van der Waals surface area contributed by atoms with Crippen LogP contribution in [0.1, 0.15) is 18.1 Å². The minimum Gasteiger partial charge on any atom is -0.390 e. The van der Waals surface area contributed by atoms with Gasteiger partial charge < -0.3 is 15.7 Å². The second-order valence-electron chi connectivity index (χ2n) is 7.42. The molecule has 3 rings (SSSR count). The van der Waals surface area contributed by atoms with Gasteiger partial charge in [0.25, 0.3) is 5.91 Å². The number of carbonyl (C=O) groups excluding carboxylic acids is 1. The van der Waals surface area contributed by atoms with E-state index < -0.39 is 6.10 Å². The first-order valence-electron chi connectivity index (χ1n) is 10.4. The molecule has 1 amide bonds. The van der Waals surface area contributed by atoms with Gasteiger partial charge in [0.2, 0.25) is 0 Å². The van der Waals surface area contributed by atoms with Gasteiger partial charge in [-0.2, -0.15) is 0 Å². The van der Waals surface area contributed by atoms with E-state index in [-0.39, 0.29) is 12.5 Å². The van der Waals surface area contributed by atoms with Crippen LogP contribution < -0.4 is 10.6 Å². The smallest absolute Gasteiger partial charge is 0.251 e. The Balaban J connectivity index is 1.50. The number of amides is 1. The Bertz CT molecular complexity index is 955. The molecule has 2 aromatic rings. The van der Waals surface area contributed by atoms with Crippen molar-refractivity contribution in [1.29, 1.82) is 0 Å². The quantitative estimate of drug-likeness (QED) is 0.330. The van der Waals surface area contributed by atoms with Gasteiger partial charge in [0, 0.05) is 37.9 Å². The van der Waals surface area contributed by atoms with E-state index >= 15 is 0 Å². The molecule has 1 aliphatic heterocycles. The van der Waals surface area contributed by atoms with Gasteiger partial charge >= 0.3 is 0 Å². The molecular weight excluding hydrogens is 390 g/mol. The molecule has 0 unspecified atom stereocenters. The summed E-state index contributed by atoms with van der Waals surface area (Å²) in [6.45, 7) is 7.74. The number of fused-ring (bicyclic) bond motifs is 1. The molecule has 0 fully saturated rings. The molecule has 31 heavy (non-hydrogen) atoms. The number of aliphatic hydroxyl groups is 1. The van der Waals surface area contributed by atoms with Crippen LogP contribution in [-0.4, -0.2) is 53.4 Å². The first-order valence-corrected chi connectivity index (χ1v) is 10.4. The SMILES string of the molecule is C=N/C(=C\C(=C/C)C(=O)NC[C@H](O)CN1CCc2ccccc2C1)Nc1cccnc1. The van der Waals surface area contributed by atoms with E-state index in [1.165, 1.54) is 11.1 Å². The normalized spacial score (nSPS) is 15.7. The topological polar surface area (TPSA) is 89.8 Å². The predicted molar refractivity (Wildman–Crippen MR) is 124 cm³/mol. The number of hydrogen-bond donors (Lipinski definition) is 3. The van der Waals surface area contributed by atoms with E-state index in [0.717, 1.165) is 25.2 Å². The van der Waals surface area contributed by atoms with Crippen LogP contribution in [0.4, 0.5) is 5.69 Å². The van der Waals surface area contributed by atoms with E-state index in [0.29, 0.717) is 17.9 Å². The zero-order chi connectivity index (χ0) is 22.1. The lowest BCUT2D eigenvalue weighted by atomic mass is 10.00. The molecule has 1 atom stereocenters. The zero-order valence-electron chi connectivity index (χ0n) is 17.8. The number of nitrogens with zero attached hydrogens (tertiary/aromatic N) is 3. The van der Waals surface area contributed by atoms with Crippen molar-refractivity contribution in [3.05, 3.63) is 83.5 Å². The summed E-state index contributed by atoms with van der Waals surface area (Å²) in [7, 11) is 0. The van der Waals surface area contributed by atoms with Crippen LogP contribution in [0.2, 0.25) is 0 Å². The molecule has 0 radical (unpaired) electrons. The number of carbonyl (C=O) groups is 1. The first kappa shape index (κ1) is 22.4. The van der Waals surface area contributed by atoms with Gasteiger partial charge in [-0.25, -0.2) is 4.99 Å². The van der Waals surface area contributed by atoms with Gasteiger partial charge in [-0.15, -0.1) is 0 Å². The third-order valence-corrected chi connectivity index (χ3v) is 5.15. The van der Waals surface area contributed by atoms with Crippen molar-refractivity contribution >= 4 is 18.3 Å². The van der Waals surface area contributed by atoms with Crippen molar-refractivity contribution in [2.45, 2.75) is 26.0 Å². The minimum absolute atomic E-state index is 0.176. The Morgan fingerprint density at radius 1 is 1.32 bits per heavy atom. The van der Waals surface area contributed by atoms with Crippen molar-refractivity contribution < 1.29 is 9.90 Å². The van der Waals surface area contributed by atoms with E-state index in [4.69, 9.17) is 0 Å². The molecule has 7 heteroatoms. The molecule has 7 nitrogen and oxygen atoms in total. The Kier molecular flexibility index (Phi) is 8.09. The number of aliphatic imine (C=N–C) groups is 1. The van der Waals surface area contributed by atoms with Gasteiger partial charge in [0.1, 0.15) is 5.82 Å². The second-order valence-corrected chi connectivity index (χ2v) is 7.42. The Morgan fingerprint density at radius 2 is 2.13 bits per heavy atom. The molecule has 1 aromatic heterocycles. The van der Waals surface area contributed by atoms with Crippen molar-refractivity contribution in [3.8, 4) is 0 Å². The fourth-order valence-electron chi connectivity index (χ4n) is 3.52. The summed E-state index contributed by atoms with van der Waals surface area (Å²) in [6.07, 6.45) is 6.97. The molecule has 2 heterocycles. The molecule has 1 aromatic carbocycles. The second kappa shape index (κ2) is 11.2. The van der Waals surface area contributed by atoms with Crippen LogP contribution in [0.3, 0.4) is 0 Å². The van der Waals surface area contributed by atoms with Crippen LogP contribution in [0, 0.1) is 0 Å². The summed E-state index contributed by atoms with van der Waals surface area (Å²) in [5, 5.41) is 16.3. The number of hydrogen-bond acceptors (Lipinski definition) is 6. The molecule has 0 spiro atoms. The maximum atomic E-state index is 12.6. The van der Waals surface area contributed by atoms with Crippen LogP contribution in [-0.2, 0) is 17.8 Å². The highest BCUT2D eigenvalue weighted by Gasteiger charge is 2.19. The fourth-order valence-corrected chi connectivity index (χ4v) is 3.52. The predicted octanol–water partition coefficient (Wildman–Crippen LogP) is 2.52. The van der Waals surface area contributed by atoms with Crippen molar-refractivity contribution in [1.82, 2.24) is 15.2 Å². The van der Waals surface area contributed by atoms with Crippen molar-refractivity contribution in [2.24, 2.45) is 4.99 Å². The number of aromatic nitrogens is 1. The molecule has 0 saturated heterocycles. The van der Waals surface area contributed by atoms with Crippen molar-refractivity contribution in [3.63, 3.8) is 0 Å². The van der Waals surface area contributed by atoms with Gasteiger partial charge in [-0.3, -0.25) is 14.7 Å². The lowest BCUT2D eigenvalue weighted by Gasteiger charge is -2.30. The van der Waals surface area contributed by atoms with Gasteiger partial charge in [-0.1, -0.05) is 30.3 Å². The highest BCUT2D eigenvalue weighted by molar-refractivity contribution is 5.96. The van der Waals surface area contributed by atoms with Gasteiger partial charge in [-0.05, 0) is 49.4 Å². The number of benzene rings is 1. The Labute approximate surface area is 183 Å². The van der Waals surface area contributed by atoms with Crippen LogP contribution in [0.15, 0.2) is 77.3 Å². The Morgan fingerprint density at radius 3 is 2.84 bits per heavy atom. The number of rotatable bonds is 9. The number of β-amino-alcohol motifs (C(OH)–C–C–N with tert-alkyl or cyclic N) is 1. The molecule has 1 aliphatic rings. The maximum absolute atomic E-state index is 12.6. The highest BCUT2D eigenvalue weighted by atomic mass is 16.3. The number of nitrogens with one attached hydrogen (secondary N) is 2. The zero-order valence-corrected chi connectivity index (χ0v) is 17.8. The highest BCUT2D eigenvalue weighted by Crippen LogP contribution is 2.18.